The third-order valence-corrected chi connectivity index (χ3v) is 5.73. The Hall–Kier alpha value is -3.39. The second-order valence-electron chi connectivity index (χ2n) is 6.81. The maximum Gasteiger partial charge on any atom is 0.273 e. The van der Waals surface area contributed by atoms with Crippen molar-refractivity contribution in [2.75, 3.05) is 43.5 Å². The number of carbonyl (C=O) groups is 2. The molecule has 2 amide bonds. The molecule has 1 N–H and O–H groups in total. The number of amides is 2. The highest BCUT2D eigenvalue weighted by atomic mass is 32.1. The number of anilines is 2. The first-order valence-corrected chi connectivity index (χ1v) is 10.5. The van der Waals surface area contributed by atoms with E-state index in [4.69, 9.17) is 4.74 Å². The van der Waals surface area contributed by atoms with E-state index in [2.05, 4.69) is 15.2 Å². The van der Waals surface area contributed by atoms with E-state index in [1.807, 2.05) is 30.3 Å². The van der Waals surface area contributed by atoms with Gasteiger partial charge in [0.25, 0.3) is 11.8 Å². The van der Waals surface area contributed by atoms with Gasteiger partial charge in [-0.2, -0.15) is 0 Å². The van der Waals surface area contributed by atoms with Gasteiger partial charge in [0.05, 0.1) is 12.8 Å². The van der Waals surface area contributed by atoms with Crippen LogP contribution in [0.25, 0.3) is 0 Å². The van der Waals surface area contributed by atoms with Gasteiger partial charge >= 0.3 is 0 Å². The zero-order valence-electron chi connectivity index (χ0n) is 16.6. The quantitative estimate of drug-likeness (QED) is 0.682. The van der Waals surface area contributed by atoms with Crippen molar-refractivity contribution in [2.24, 2.45) is 0 Å². The van der Waals surface area contributed by atoms with Crippen molar-refractivity contribution in [3.63, 3.8) is 0 Å². The summed E-state index contributed by atoms with van der Waals surface area (Å²) in [6, 6.07) is 16.8. The van der Waals surface area contributed by atoms with Crippen LogP contribution in [-0.2, 0) is 0 Å². The van der Waals surface area contributed by atoms with Crippen LogP contribution in [0.5, 0.6) is 5.75 Å². The predicted molar refractivity (Wildman–Crippen MR) is 118 cm³/mol. The third kappa shape index (κ3) is 4.28. The van der Waals surface area contributed by atoms with E-state index in [0.717, 1.165) is 11.4 Å². The Morgan fingerprint density at radius 1 is 1.00 bits per heavy atom. The second-order valence-corrected chi connectivity index (χ2v) is 7.67. The lowest BCUT2D eigenvalue weighted by atomic mass is 10.2. The molecule has 0 bridgehead atoms. The number of ether oxygens (including phenoxy) is 1. The highest BCUT2D eigenvalue weighted by molar-refractivity contribution is 7.14. The highest BCUT2D eigenvalue weighted by Gasteiger charge is 2.25. The number of aromatic nitrogens is 1. The fourth-order valence-corrected chi connectivity index (χ4v) is 4.07. The van der Waals surface area contributed by atoms with Crippen LogP contribution in [0, 0.1) is 0 Å². The van der Waals surface area contributed by atoms with Gasteiger partial charge in [-0.25, -0.2) is 4.98 Å². The highest BCUT2D eigenvalue weighted by Crippen LogP contribution is 2.28. The molecule has 8 heteroatoms. The van der Waals surface area contributed by atoms with Crippen LogP contribution in [0.3, 0.4) is 0 Å². The molecule has 0 unspecified atom stereocenters. The number of methoxy groups -OCH3 is 1. The molecule has 1 saturated heterocycles. The molecular formula is C22H22N4O3S. The Balaban J connectivity index is 1.36. The second kappa shape index (κ2) is 8.96. The normalized spacial score (nSPS) is 13.8. The molecule has 4 rings (SSSR count). The Morgan fingerprint density at radius 2 is 1.70 bits per heavy atom. The van der Waals surface area contributed by atoms with E-state index in [1.54, 1.807) is 41.7 Å². The van der Waals surface area contributed by atoms with Crippen LogP contribution in [-0.4, -0.2) is 55.0 Å². The van der Waals surface area contributed by atoms with Crippen molar-refractivity contribution >= 4 is 34.0 Å². The first-order valence-electron chi connectivity index (χ1n) is 9.65. The maximum absolute atomic E-state index is 12.8. The van der Waals surface area contributed by atoms with Crippen LogP contribution in [0.15, 0.2) is 60.0 Å². The lowest BCUT2D eigenvalue weighted by Gasteiger charge is -2.36. The van der Waals surface area contributed by atoms with Crippen molar-refractivity contribution in [3.8, 4) is 5.75 Å². The van der Waals surface area contributed by atoms with Gasteiger partial charge in [0.15, 0.2) is 5.13 Å². The van der Waals surface area contributed by atoms with Crippen molar-refractivity contribution < 1.29 is 14.3 Å². The van der Waals surface area contributed by atoms with Gasteiger partial charge in [-0.05, 0) is 24.3 Å². The number of hydrogen-bond acceptors (Lipinski definition) is 6. The van der Waals surface area contributed by atoms with Crippen molar-refractivity contribution in [1.29, 1.82) is 0 Å². The molecule has 0 spiro atoms. The summed E-state index contributed by atoms with van der Waals surface area (Å²) in [6.07, 6.45) is 0. The van der Waals surface area contributed by atoms with E-state index < -0.39 is 0 Å². The Kier molecular flexibility index (Phi) is 5.94. The molecule has 0 aliphatic carbocycles. The third-order valence-electron chi connectivity index (χ3n) is 4.97. The summed E-state index contributed by atoms with van der Waals surface area (Å²) in [5.41, 5.74) is 1.94. The fraction of sp³-hybridized carbons (Fsp3) is 0.227. The minimum Gasteiger partial charge on any atom is -0.495 e. The molecule has 2 aromatic carbocycles. The standard InChI is InChI=1S/C22H22N4O3S/c1-29-19-10-6-5-9-18(19)25-11-13-26(14-12-25)21(28)17-15-30-22(23-17)24-20(27)16-7-3-2-4-8-16/h2-10,15H,11-14H2,1H3,(H,23,24,27). The molecular weight excluding hydrogens is 400 g/mol. The maximum atomic E-state index is 12.8. The van der Waals surface area contributed by atoms with Gasteiger partial charge in [0, 0.05) is 37.1 Å². The topological polar surface area (TPSA) is 74.8 Å². The molecule has 1 aliphatic rings. The minimum absolute atomic E-state index is 0.119. The van der Waals surface area contributed by atoms with Gasteiger partial charge in [0.2, 0.25) is 0 Å². The first-order chi connectivity index (χ1) is 14.7. The Bertz CT molecular complexity index is 1030. The fourth-order valence-electron chi connectivity index (χ4n) is 3.39. The minimum atomic E-state index is -0.241. The van der Waals surface area contributed by atoms with E-state index in [9.17, 15) is 9.59 Å². The van der Waals surface area contributed by atoms with Gasteiger partial charge in [-0.15, -0.1) is 11.3 Å². The van der Waals surface area contributed by atoms with Crippen LogP contribution >= 0.6 is 11.3 Å². The van der Waals surface area contributed by atoms with E-state index in [-0.39, 0.29) is 11.8 Å². The van der Waals surface area contributed by atoms with E-state index in [0.29, 0.717) is 42.6 Å². The Morgan fingerprint density at radius 3 is 2.43 bits per heavy atom. The molecule has 1 aliphatic heterocycles. The largest absolute Gasteiger partial charge is 0.495 e. The van der Waals surface area contributed by atoms with Crippen molar-refractivity contribution in [2.45, 2.75) is 0 Å². The SMILES string of the molecule is COc1ccccc1N1CCN(C(=O)c2csc(NC(=O)c3ccccc3)n2)CC1. The number of rotatable bonds is 5. The lowest BCUT2D eigenvalue weighted by Crippen LogP contribution is -2.49. The number of nitrogens with one attached hydrogen (secondary N) is 1. The number of para-hydroxylation sites is 2. The van der Waals surface area contributed by atoms with Crippen LogP contribution in [0.2, 0.25) is 0 Å². The average molecular weight is 423 g/mol. The summed E-state index contributed by atoms with van der Waals surface area (Å²) in [4.78, 5) is 33.4. The smallest absolute Gasteiger partial charge is 0.273 e. The summed E-state index contributed by atoms with van der Waals surface area (Å²) in [5.74, 6) is 0.469. The van der Waals surface area contributed by atoms with E-state index in [1.165, 1.54) is 11.3 Å². The number of thiazole rings is 1. The van der Waals surface area contributed by atoms with Crippen LogP contribution in [0.4, 0.5) is 10.8 Å². The zero-order valence-corrected chi connectivity index (χ0v) is 17.4. The number of nitrogens with zero attached hydrogens (tertiary/aromatic N) is 3. The predicted octanol–water partition coefficient (Wildman–Crippen LogP) is 3.37. The molecule has 0 atom stereocenters. The van der Waals surface area contributed by atoms with Gasteiger partial charge < -0.3 is 14.5 Å². The summed E-state index contributed by atoms with van der Waals surface area (Å²) < 4.78 is 5.44. The monoisotopic (exact) mass is 422 g/mol. The van der Waals surface area contributed by atoms with Gasteiger partial charge in [-0.1, -0.05) is 30.3 Å². The molecule has 154 valence electrons. The summed E-state index contributed by atoms with van der Waals surface area (Å²) in [5, 5.41) is 4.86. The molecule has 1 aromatic heterocycles. The summed E-state index contributed by atoms with van der Waals surface area (Å²) in [6.45, 7) is 2.63. The van der Waals surface area contributed by atoms with Gasteiger partial charge in [0.1, 0.15) is 11.4 Å². The summed E-state index contributed by atoms with van der Waals surface area (Å²) >= 11 is 1.25. The number of carbonyl (C=O) groups excluding carboxylic acids is 2. The molecule has 2 heterocycles. The van der Waals surface area contributed by atoms with Crippen LogP contribution in [0.1, 0.15) is 20.8 Å². The molecule has 3 aromatic rings. The average Bonchev–Trinajstić information content (AvgIpc) is 3.27. The molecule has 30 heavy (non-hydrogen) atoms. The van der Waals surface area contributed by atoms with Gasteiger partial charge in [-0.3, -0.25) is 14.9 Å². The molecule has 0 radical (unpaired) electrons. The van der Waals surface area contributed by atoms with Crippen LogP contribution < -0.4 is 15.0 Å². The first kappa shape index (κ1) is 19.9. The molecule has 7 nitrogen and oxygen atoms in total. The molecule has 0 saturated carbocycles. The Labute approximate surface area is 178 Å². The zero-order chi connectivity index (χ0) is 20.9. The summed E-state index contributed by atoms with van der Waals surface area (Å²) in [7, 11) is 1.66. The number of benzene rings is 2. The lowest BCUT2D eigenvalue weighted by molar-refractivity contribution is 0.0741. The number of piperazine rings is 1. The van der Waals surface area contributed by atoms with Crippen molar-refractivity contribution in [3.05, 3.63) is 71.2 Å². The van der Waals surface area contributed by atoms with Crippen molar-refractivity contribution in [1.82, 2.24) is 9.88 Å². The number of hydrogen-bond donors (Lipinski definition) is 1. The molecule has 1 fully saturated rings. The van der Waals surface area contributed by atoms with E-state index >= 15 is 0 Å².